The van der Waals surface area contributed by atoms with E-state index in [0.29, 0.717) is 11.7 Å². The Kier molecular flexibility index (Phi) is 3.47. The molecule has 1 aromatic heterocycles. The zero-order valence-corrected chi connectivity index (χ0v) is 10.3. The summed E-state index contributed by atoms with van der Waals surface area (Å²) in [7, 11) is 0. The van der Waals surface area contributed by atoms with Gasteiger partial charge in [-0.3, -0.25) is 10.1 Å². The second kappa shape index (κ2) is 4.87. The molecule has 1 aromatic rings. The van der Waals surface area contributed by atoms with Crippen LogP contribution in [0.25, 0.3) is 0 Å². The van der Waals surface area contributed by atoms with Gasteiger partial charge in [0.15, 0.2) is 0 Å². The third-order valence-electron chi connectivity index (χ3n) is 3.07. The first-order valence-corrected chi connectivity index (χ1v) is 6.00. The lowest BCUT2D eigenvalue weighted by molar-refractivity contribution is -0.384. The lowest BCUT2D eigenvalue weighted by atomic mass is 10.1. The first kappa shape index (κ1) is 12.1. The van der Waals surface area contributed by atoms with Crippen molar-refractivity contribution in [2.24, 2.45) is 5.92 Å². The minimum atomic E-state index is -0.459. The van der Waals surface area contributed by atoms with E-state index in [1.54, 1.807) is 0 Å². The van der Waals surface area contributed by atoms with Gasteiger partial charge in [-0.15, -0.1) is 0 Å². The molecule has 1 heterocycles. The number of hydrogen-bond donors (Lipinski definition) is 1. The van der Waals surface area contributed by atoms with Crippen LogP contribution in [-0.2, 0) is 0 Å². The highest BCUT2D eigenvalue weighted by atomic mass is 35.5. The molecule has 17 heavy (non-hydrogen) atoms. The molecule has 0 saturated heterocycles. The standard InChI is InChI=1S/C11H14ClN3O2/c1-7-2-3-9(4-7)14-11-10(15(16)17)5-8(12)6-13-11/h5-7,9H,2-4H2,1H3,(H,13,14). The lowest BCUT2D eigenvalue weighted by Gasteiger charge is -2.12. The first-order chi connectivity index (χ1) is 8.06. The molecule has 0 spiro atoms. The molecule has 1 aliphatic rings. The van der Waals surface area contributed by atoms with Crippen molar-refractivity contribution in [1.29, 1.82) is 0 Å². The Morgan fingerprint density at radius 3 is 2.94 bits per heavy atom. The van der Waals surface area contributed by atoms with Crippen molar-refractivity contribution in [2.45, 2.75) is 32.2 Å². The number of rotatable bonds is 3. The summed E-state index contributed by atoms with van der Waals surface area (Å²) in [6.07, 6.45) is 4.64. The zero-order valence-electron chi connectivity index (χ0n) is 9.52. The summed E-state index contributed by atoms with van der Waals surface area (Å²) < 4.78 is 0. The fourth-order valence-electron chi connectivity index (χ4n) is 2.21. The molecule has 0 radical (unpaired) electrons. The third kappa shape index (κ3) is 2.85. The average Bonchev–Trinajstić information content (AvgIpc) is 2.66. The number of nitro groups is 1. The summed E-state index contributed by atoms with van der Waals surface area (Å²) in [5.74, 6) is 0.984. The first-order valence-electron chi connectivity index (χ1n) is 5.62. The van der Waals surface area contributed by atoms with Crippen LogP contribution in [0.4, 0.5) is 11.5 Å². The maximum absolute atomic E-state index is 10.9. The molecule has 1 N–H and O–H groups in total. The van der Waals surface area contributed by atoms with Crippen molar-refractivity contribution in [3.63, 3.8) is 0 Å². The van der Waals surface area contributed by atoms with Crippen LogP contribution >= 0.6 is 11.6 Å². The van der Waals surface area contributed by atoms with E-state index in [9.17, 15) is 10.1 Å². The van der Waals surface area contributed by atoms with Crippen LogP contribution in [0.3, 0.4) is 0 Å². The Morgan fingerprint density at radius 1 is 1.59 bits per heavy atom. The molecule has 0 aliphatic heterocycles. The van der Waals surface area contributed by atoms with Gasteiger partial charge in [0.25, 0.3) is 0 Å². The minimum Gasteiger partial charge on any atom is -0.362 e. The van der Waals surface area contributed by atoms with Gasteiger partial charge in [-0.2, -0.15) is 0 Å². The number of halogens is 1. The monoisotopic (exact) mass is 255 g/mol. The smallest absolute Gasteiger partial charge is 0.312 e. The number of nitrogens with zero attached hydrogens (tertiary/aromatic N) is 2. The van der Waals surface area contributed by atoms with Crippen molar-refractivity contribution in [2.75, 3.05) is 5.32 Å². The molecule has 1 aliphatic carbocycles. The Bertz CT molecular complexity index is 439. The van der Waals surface area contributed by atoms with Gasteiger partial charge in [0, 0.05) is 18.3 Å². The van der Waals surface area contributed by atoms with Crippen LogP contribution in [0.1, 0.15) is 26.2 Å². The predicted molar refractivity (Wildman–Crippen MR) is 66.3 cm³/mol. The van der Waals surface area contributed by atoms with E-state index in [1.807, 2.05) is 0 Å². The Balaban J connectivity index is 2.17. The van der Waals surface area contributed by atoms with Crippen LogP contribution in [0, 0.1) is 16.0 Å². The van der Waals surface area contributed by atoms with Crippen molar-refractivity contribution >= 4 is 23.1 Å². The Labute approximate surface area is 104 Å². The topological polar surface area (TPSA) is 68.1 Å². The van der Waals surface area contributed by atoms with Gasteiger partial charge in [0.1, 0.15) is 0 Å². The maximum Gasteiger partial charge on any atom is 0.312 e. The highest BCUT2D eigenvalue weighted by molar-refractivity contribution is 6.30. The molecule has 1 saturated carbocycles. The van der Waals surface area contributed by atoms with E-state index in [-0.39, 0.29) is 16.8 Å². The molecule has 92 valence electrons. The second-order valence-electron chi connectivity index (χ2n) is 4.54. The summed E-state index contributed by atoms with van der Waals surface area (Å²) in [5, 5.41) is 14.3. The minimum absolute atomic E-state index is 0.0583. The quantitative estimate of drug-likeness (QED) is 0.665. The molecule has 0 bridgehead atoms. The SMILES string of the molecule is CC1CCC(Nc2ncc(Cl)cc2[N+](=O)[O-])C1. The molecule has 2 atom stereocenters. The number of hydrogen-bond acceptors (Lipinski definition) is 4. The molecular formula is C11H14ClN3O2. The predicted octanol–water partition coefficient (Wildman–Crippen LogP) is 3.24. The van der Waals surface area contributed by atoms with E-state index < -0.39 is 4.92 Å². The molecule has 6 heteroatoms. The molecule has 0 amide bonds. The van der Waals surface area contributed by atoms with E-state index in [0.717, 1.165) is 19.3 Å². The Morgan fingerprint density at radius 2 is 2.35 bits per heavy atom. The van der Waals surface area contributed by atoms with Crippen LogP contribution in [0.2, 0.25) is 5.02 Å². The highest BCUT2D eigenvalue weighted by Crippen LogP contribution is 2.31. The van der Waals surface area contributed by atoms with Crippen molar-refractivity contribution in [3.8, 4) is 0 Å². The highest BCUT2D eigenvalue weighted by Gasteiger charge is 2.24. The van der Waals surface area contributed by atoms with Gasteiger partial charge in [0.05, 0.1) is 9.95 Å². The molecule has 5 nitrogen and oxygen atoms in total. The van der Waals surface area contributed by atoms with Gasteiger partial charge in [-0.05, 0) is 25.2 Å². The van der Waals surface area contributed by atoms with Crippen LogP contribution in [0.5, 0.6) is 0 Å². The lowest BCUT2D eigenvalue weighted by Crippen LogP contribution is -2.17. The summed E-state index contributed by atoms with van der Waals surface area (Å²) in [6.45, 7) is 2.19. The van der Waals surface area contributed by atoms with E-state index in [4.69, 9.17) is 11.6 Å². The number of anilines is 1. The fourth-order valence-corrected chi connectivity index (χ4v) is 2.36. The summed E-state index contributed by atoms with van der Waals surface area (Å²) in [4.78, 5) is 14.4. The largest absolute Gasteiger partial charge is 0.362 e. The zero-order chi connectivity index (χ0) is 12.4. The van der Waals surface area contributed by atoms with Crippen molar-refractivity contribution in [3.05, 3.63) is 27.4 Å². The van der Waals surface area contributed by atoms with Crippen LogP contribution < -0.4 is 5.32 Å². The number of aromatic nitrogens is 1. The summed E-state index contributed by atoms with van der Waals surface area (Å²) >= 11 is 5.71. The third-order valence-corrected chi connectivity index (χ3v) is 3.27. The van der Waals surface area contributed by atoms with Gasteiger partial charge in [0.2, 0.25) is 5.82 Å². The van der Waals surface area contributed by atoms with Gasteiger partial charge in [-0.1, -0.05) is 18.5 Å². The molecule has 2 unspecified atom stereocenters. The molecule has 2 rings (SSSR count). The van der Waals surface area contributed by atoms with Crippen molar-refractivity contribution < 1.29 is 4.92 Å². The average molecular weight is 256 g/mol. The number of pyridine rings is 1. The molecular weight excluding hydrogens is 242 g/mol. The summed E-state index contributed by atoms with van der Waals surface area (Å²) in [6, 6.07) is 1.60. The fraction of sp³-hybridized carbons (Fsp3) is 0.545. The molecule has 0 aromatic carbocycles. The van der Waals surface area contributed by atoms with Crippen molar-refractivity contribution in [1.82, 2.24) is 4.98 Å². The van der Waals surface area contributed by atoms with Crippen LogP contribution in [-0.4, -0.2) is 15.9 Å². The second-order valence-corrected chi connectivity index (χ2v) is 4.97. The van der Waals surface area contributed by atoms with E-state index >= 15 is 0 Å². The summed E-state index contributed by atoms with van der Waals surface area (Å²) in [5.41, 5.74) is -0.0583. The maximum atomic E-state index is 10.9. The van der Waals surface area contributed by atoms with Crippen LogP contribution in [0.15, 0.2) is 12.3 Å². The van der Waals surface area contributed by atoms with Gasteiger partial charge < -0.3 is 5.32 Å². The van der Waals surface area contributed by atoms with Gasteiger partial charge in [-0.25, -0.2) is 4.98 Å². The van der Waals surface area contributed by atoms with Gasteiger partial charge >= 0.3 is 5.69 Å². The van der Waals surface area contributed by atoms with E-state index in [1.165, 1.54) is 12.3 Å². The molecule has 1 fully saturated rings. The van der Waals surface area contributed by atoms with E-state index in [2.05, 4.69) is 17.2 Å². The normalized spacial score (nSPS) is 23.6. The number of nitrogens with one attached hydrogen (secondary N) is 1. The Hall–Kier alpha value is -1.36.